The zero-order valence-electron chi connectivity index (χ0n) is 15.1. The first-order valence-corrected chi connectivity index (χ1v) is 8.61. The molecule has 1 fully saturated rings. The van der Waals surface area contributed by atoms with Gasteiger partial charge in [-0.05, 0) is 32.0 Å². The number of aromatic nitrogens is 4. The van der Waals surface area contributed by atoms with Crippen molar-refractivity contribution >= 4 is 11.5 Å². The Bertz CT molecular complexity index is 1060. The number of nitriles is 1. The molecule has 4 rings (SSSR count). The zero-order chi connectivity index (χ0) is 19.1. The third-order valence-corrected chi connectivity index (χ3v) is 4.54. The minimum atomic E-state index is -0.326. The molecule has 8 nitrogen and oxygen atoms in total. The fraction of sp³-hybridized carbons (Fsp3) is 0.263. The van der Waals surface area contributed by atoms with E-state index < -0.39 is 0 Å². The molecule has 1 saturated heterocycles. The predicted octanol–water partition coefficient (Wildman–Crippen LogP) is 1.58. The molecule has 0 atom stereocenters. The molecule has 0 spiro atoms. The van der Waals surface area contributed by atoms with Crippen LogP contribution in [0.2, 0.25) is 0 Å². The van der Waals surface area contributed by atoms with Gasteiger partial charge in [0, 0.05) is 24.8 Å². The van der Waals surface area contributed by atoms with Crippen molar-refractivity contribution in [3.63, 3.8) is 0 Å². The lowest BCUT2D eigenvalue weighted by atomic mass is 10.1. The summed E-state index contributed by atoms with van der Waals surface area (Å²) in [6, 6.07) is 11.3. The van der Waals surface area contributed by atoms with Gasteiger partial charge in [-0.3, -0.25) is 0 Å². The summed E-state index contributed by atoms with van der Waals surface area (Å²) in [7, 11) is 0. The van der Waals surface area contributed by atoms with Crippen LogP contribution in [-0.4, -0.2) is 44.0 Å². The van der Waals surface area contributed by atoms with Gasteiger partial charge < -0.3 is 15.7 Å². The van der Waals surface area contributed by atoms with Crippen molar-refractivity contribution in [3.05, 3.63) is 47.3 Å². The van der Waals surface area contributed by atoms with Gasteiger partial charge >= 0.3 is 0 Å². The number of aryl methyl sites for hydroxylation is 2. The van der Waals surface area contributed by atoms with E-state index >= 15 is 0 Å². The second-order valence-corrected chi connectivity index (χ2v) is 6.68. The second-order valence-electron chi connectivity index (χ2n) is 6.68. The lowest BCUT2D eigenvalue weighted by molar-refractivity contribution is 0.141. The molecule has 0 amide bonds. The van der Waals surface area contributed by atoms with E-state index in [-0.39, 0.29) is 11.7 Å². The number of β-amino-alcohol motifs (C(OH)–C–C–N with tert-alkyl or cyclic N) is 1. The molecule has 3 aromatic rings. The Morgan fingerprint density at radius 1 is 1.19 bits per heavy atom. The Kier molecular flexibility index (Phi) is 4.01. The molecular weight excluding hydrogens is 342 g/mol. The molecule has 136 valence electrons. The number of aliphatic hydroxyl groups is 1. The van der Waals surface area contributed by atoms with Crippen LogP contribution in [0.3, 0.4) is 0 Å². The summed E-state index contributed by atoms with van der Waals surface area (Å²) in [5, 5.41) is 23.6. The molecule has 4 heterocycles. The summed E-state index contributed by atoms with van der Waals surface area (Å²) >= 11 is 0. The second kappa shape index (κ2) is 6.37. The first kappa shape index (κ1) is 17.0. The van der Waals surface area contributed by atoms with Gasteiger partial charge in [0.2, 0.25) is 0 Å². The van der Waals surface area contributed by atoms with Crippen LogP contribution in [0.15, 0.2) is 30.3 Å². The molecule has 0 bridgehead atoms. The van der Waals surface area contributed by atoms with E-state index in [4.69, 9.17) is 5.73 Å². The lowest BCUT2D eigenvalue weighted by Crippen LogP contribution is -2.51. The molecule has 1 aliphatic rings. The summed E-state index contributed by atoms with van der Waals surface area (Å²) < 4.78 is 1.70. The maximum absolute atomic E-state index is 9.59. The number of anilines is 2. The molecule has 3 N–H and O–H groups in total. The average Bonchev–Trinajstić information content (AvgIpc) is 2.96. The van der Waals surface area contributed by atoms with Crippen LogP contribution in [0, 0.1) is 25.2 Å². The number of hydrogen-bond donors (Lipinski definition) is 2. The number of nitrogens with two attached hydrogens (primary N) is 1. The predicted molar refractivity (Wildman–Crippen MR) is 101 cm³/mol. The smallest absolute Gasteiger partial charge is 0.156 e. The number of rotatable bonds is 3. The topological polar surface area (TPSA) is 117 Å². The van der Waals surface area contributed by atoms with Crippen molar-refractivity contribution in [2.24, 2.45) is 0 Å². The largest absolute Gasteiger partial charge is 0.397 e. The van der Waals surface area contributed by atoms with Gasteiger partial charge in [-0.15, -0.1) is 0 Å². The summed E-state index contributed by atoms with van der Waals surface area (Å²) in [4.78, 5) is 11.2. The Labute approximate surface area is 156 Å². The summed E-state index contributed by atoms with van der Waals surface area (Å²) in [5.41, 5.74) is 9.53. The third kappa shape index (κ3) is 2.98. The van der Waals surface area contributed by atoms with Crippen LogP contribution in [0.5, 0.6) is 0 Å². The minimum absolute atomic E-state index is 0.286. The fourth-order valence-electron chi connectivity index (χ4n) is 3.20. The van der Waals surface area contributed by atoms with Crippen LogP contribution in [0.1, 0.15) is 17.0 Å². The molecule has 0 unspecified atom stereocenters. The SMILES string of the molecule is Cc1cc(C)n(-c2cc(N)c(C#N)c(-c3cccc(N4CC(O)C4)n3)n2)n1. The van der Waals surface area contributed by atoms with Crippen LogP contribution in [0.25, 0.3) is 17.2 Å². The van der Waals surface area contributed by atoms with E-state index in [1.54, 1.807) is 16.8 Å². The number of aliphatic hydroxyl groups excluding tert-OH is 1. The van der Waals surface area contributed by atoms with Gasteiger partial charge in [0.15, 0.2) is 5.82 Å². The maximum atomic E-state index is 9.59. The third-order valence-electron chi connectivity index (χ3n) is 4.54. The highest BCUT2D eigenvalue weighted by atomic mass is 16.3. The van der Waals surface area contributed by atoms with E-state index in [2.05, 4.69) is 21.1 Å². The van der Waals surface area contributed by atoms with E-state index in [1.165, 1.54) is 0 Å². The Morgan fingerprint density at radius 2 is 1.96 bits per heavy atom. The van der Waals surface area contributed by atoms with E-state index in [1.807, 2.05) is 36.9 Å². The molecule has 0 aromatic carbocycles. The van der Waals surface area contributed by atoms with Crippen molar-refractivity contribution in [2.45, 2.75) is 20.0 Å². The van der Waals surface area contributed by atoms with Crippen LogP contribution < -0.4 is 10.6 Å². The fourth-order valence-corrected chi connectivity index (χ4v) is 3.20. The molecule has 8 heteroatoms. The lowest BCUT2D eigenvalue weighted by Gasteiger charge is -2.36. The van der Waals surface area contributed by atoms with E-state index in [0.29, 0.717) is 36.0 Å². The van der Waals surface area contributed by atoms with Crippen molar-refractivity contribution in [2.75, 3.05) is 23.7 Å². The van der Waals surface area contributed by atoms with Gasteiger partial charge in [-0.2, -0.15) is 10.4 Å². The van der Waals surface area contributed by atoms with Gasteiger partial charge in [-0.1, -0.05) is 6.07 Å². The minimum Gasteiger partial charge on any atom is -0.397 e. The van der Waals surface area contributed by atoms with Crippen LogP contribution in [0.4, 0.5) is 11.5 Å². The molecule has 0 radical (unpaired) electrons. The van der Waals surface area contributed by atoms with E-state index in [9.17, 15) is 10.4 Å². The van der Waals surface area contributed by atoms with Gasteiger partial charge in [0.05, 0.1) is 23.2 Å². The Balaban J connectivity index is 1.83. The summed E-state index contributed by atoms with van der Waals surface area (Å²) in [5.74, 6) is 1.28. The van der Waals surface area contributed by atoms with Crippen molar-refractivity contribution in [1.82, 2.24) is 19.7 Å². The van der Waals surface area contributed by atoms with Crippen molar-refractivity contribution in [1.29, 1.82) is 5.26 Å². The molecule has 0 aliphatic carbocycles. The Hall–Kier alpha value is -3.44. The van der Waals surface area contributed by atoms with Crippen LogP contribution >= 0.6 is 0 Å². The summed E-state index contributed by atoms with van der Waals surface area (Å²) in [6.07, 6.45) is -0.326. The van der Waals surface area contributed by atoms with Crippen molar-refractivity contribution < 1.29 is 5.11 Å². The monoisotopic (exact) mass is 361 g/mol. The van der Waals surface area contributed by atoms with Gasteiger partial charge in [0.25, 0.3) is 0 Å². The molecular formula is C19H19N7O. The number of hydrogen-bond acceptors (Lipinski definition) is 7. The highest BCUT2D eigenvalue weighted by Crippen LogP contribution is 2.29. The average molecular weight is 361 g/mol. The molecule has 1 aliphatic heterocycles. The number of nitrogen functional groups attached to an aromatic ring is 1. The van der Waals surface area contributed by atoms with Crippen molar-refractivity contribution in [3.8, 4) is 23.3 Å². The van der Waals surface area contributed by atoms with Gasteiger partial charge in [-0.25, -0.2) is 14.6 Å². The normalized spacial score (nSPS) is 14.1. The highest BCUT2D eigenvalue weighted by Gasteiger charge is 2.26. The van der Waals surface area contributed by atoms with Crippen LogP contribution in [-0.2, 0) is 0 Å². The molecule has 27 heavy (non-hydrogen) atoms. The first-order valence-electron chi connectivity index (χ1n) is 8.61. The standard InChI is InChI=1S/C19H19N7O/c1-11-6-12(2)26(24-11)18-7-15(21)14(8-20)19(23-18)16-4-3-5-17(22-16)25-9-13(27)10-25/h3-7,13,27H,9-10H2,1-2H3,(H2,21,23). The summed E-state index contributed by atoms with van der Waals surface area (Å²) in [6.45, 7) is 4.93. The maximum Gasteiger partial charge on any atom is 0.156 e. The van der Waals surface area contributed by atoms with E-state index in [0.717, 1.165) is 17.2 Å². The molecule has 3 aromatic heterocycles. The number of pyridine rings is 2. The Morgan fingerprint density at radius 3 is 2.59 bits per heavy atom. The first-order chi connectivity index (χ1) is 13.0. The quantitative estimate of drug-likeness (QED) is 0.727. The number of nitrogens with zero attached hydrogens (tertiary/aromatic N) is 6. The molecule has 0 saturated carbocycles. The van der Waals surface area contributed by atoms with Gasteiger partial charge in [0.1, 0.15) is 23.1 Å². The highest BCUT2D eigenvalue weighted by molar-refractivity contribution is 5.74. The zero-order valence-corrected chi connectivity index (χ0v) is 15.1.